The quantitative estimate of drug-likeness (QED) is 0.548. The van der Waals surface area contributed by atoms with Crippen molar-refractivity contribution in [3.05, 3.63) is 0 Å². The summed E-state index contributed by atoms with van der Waals surface area (Å²) in [6, 6.07) is 0. The third-order valence-corrected chi connectivity index (χ3v) is 2.37. The minimum absolute atomic E-state index is 0.329. The normalized spacial score (nSPS) is 41.4. The van der Waals surface area contributed by atoms with Gasteiger partial charge in [0.25, 0.3) is 0 Å². The lowest BCUT2D eigenvalue weighted by Crippen LogP contribution is -2.14. The summed E-state index contributed by atoms with van der Waals surface area (Å²) < 4.78 is 5.20. The highest BCUT2D eigenvalue weighted by Crippen LogP contribution is 2.42. The van der Waals surface area contributed by atoms with Gasteiger partial charge in [-0.1, -0.05) is 6.92 Å². The molecule has 0 amide bonds. The molecule has 0 aromatic heterocycles. The molecule has 0 aromatic rings. The molecule has 0 heterocycles. The Morgan fingerprint density at radius 2 is 2.10 bits per heavy atom. The monoisotopic (exact) mass is 141 g/mol. The van der Waals surface area contributed by atoms with Gasteiger partial charge in [0.15, 0.2) is 6.29 Å². The van der Waals surface area contributed by atoms with Gasteiger partial charge in [-0.3, -0.25) is 0 Å². The lowest BCUT2D eigenvalue weighted by Gasteiger charge is -2.06. The summed E-state index contributed by atoms with van der Waals surface area (Å²) in [7, 11) is 0. The van der Waals surface area contributed by atoms with E-state index in [0.717, 1.165) is 19.3 Å². The molecule has 0 spiro atoms. The Morgan fingerprint density at radius 3 is 2.50 bits per heavy atom. The van der Waals surface area contributed by atoms with Crippen molar-refractivity contribution in [1.29, 1.82) is 0 Å². The van der Waals surface area contributed by atoms with Crippen LogP contribution in [0.2, 0.25) is 0 Å². The SMILES string of the molecule is CC1CC1C([O])OC1CC1. The fourth-order valence-corrected chi connectivity index (χ4v) is 1.22. The average molecular weight is 141 g/mol. The molecule has 3 unspecified atom stereocenters. The van der Waals surface area contributed by atoms with Gasteiger partial charge < -0.3 is 4.74 Å². The van der Waals surface area contributed by atoms with Gasteiger partial charge in [0.2, 0.25) is 0 Å². The van der Waals surface area contributed by atoms with E-state index in [2.05, 4.69) is 6.92 Å². The van der Waals surface area contributed by atoms with Crippen LogP contribution in [0.3, 0.4) is 0 Å². The smallest absolute Gasteiger partial charge is 0.194 e. The zero-order chi connectivity index (χ0) is 7.14. The Balaban J connectivity index is 1.71. The van der Waals surface area contributed by atoms with Crippen LogP contribution < -0.4 is 0 Å². The van der Waals surface area contributed by atoms with Crippen LogP contribution in [0.25, 0.3) is 0 Å². The predicted octanol–water partition coefficient (Wildman–Crippen LogP) is 1.58. The largest absolute Gasteiger partial charge is 0.346 e. The molecular formula is C8H13O2. The van der Waals surface area contributed by atoms with Crippen molar-refractivity contribution in [2.45, 2.75) is 38.6 Å². The maximum absolute atomic E-state index is 11.1. The second-order valence-corrected chi connectivity index (χ2v) is 3.58. The zero-order valence-corrected chi connectivity index (χ0v) is 6.25. The summed E-state index contributed by atoms with van der Waals surface area (Å²) in [5, 5.41) is 11.1. The molecular weight excluding hydrogens is 128 g/mol. The highest BCUT2D eigenvalue weighted by atomic mass is 16.6. The lowest BCUT2D eigenvalue weighted by atomic mass is 10.3. The molecule has 2 aliphatic carbocycles. The van der Waals surface area contributed by atoms with Crippen LogP contribution >= 0.6 is 0 Å². The maximum Gasteiger partial charge on any atom is 0.194 e. The molecule has 2 fully saturated rings. The van der Waals surface area contributed by atoms with E-state index >= 15 is 0 Å². The van der Waals surface area contributed by atoms with E-state index in [-0.39, 0.29) is 0 Å². The standard InChI is InChI=1S/C8H13O2/c1-5-4-7(5)8(9)10-6-2-3-6/h5-8H,2-4H2,1H3. The molecule has 2 aliphatic rings. The van der Waals surface area contributed by atoms with Gasteiger partial charge in [-0.2, -0.15) is 0 Å². The fourth-order valence-electron chi connectivity index (χ4n) is 1.22. The minimum Gasteiger partial charge on any atom is -0.346 e. The van der Waals surface area contributed by atoms with Gasteiger partial charge in [0.05, 0.1) is 6.10 Å². The molecule has 0 aliphatic heterocycles. The second kappa shape index (κ2) is 2.21. The number of rotatable bonds is 3. The van der Waals surface area contributed by atoms with Crippen LogP contribution in [0.1, 0.15) is 26.2 Å². The van der Waals surface area contributed by atoms with E-state index in [0.29, 0.717) is 17.9 Å². The molecule has 2 heteroatoms. The lowest BCUT2D eigenvalue weighted by molar-refractivity contribution is -0.161. The first-order valence-corrected chi connectivity index (χ1v) is 4.08. The Kier molecular flexibility index (Phi) is 1.46. The average Bonchev–Trinajstić information content (AvgIpc) is 2.66. The van der Waals surface area contributed by atoms with E-state index in [1.807, 2.05) is 0 Å². The van der Waals surface area contributed by atoms with Gasteiger partial charge in [-0.05, 0) is 25.2 Å². The van der Waals surface area contributed by atoms with Crippen molar-refractivity contribution in [3.8, 4) is 0 Å². The van der Waals surface area contributed by atoms with Crippen molar-refractivity contribution in [2.75, 3.05) is 0 Å². The number of ether oxygens (including phenoxy) is 1. The molecule has 10 heavy (non-hydrogen) atoms. The highest BCUT2D eigenvalue weighted by Gasteiger charge is 2.42. The summed E-state index contributed by atoms with van der Waals surface area (Å²) >= 11 is 0. The van der Waals surface area contributed by atoms with Crippen molar-refractivity contribution in [1.82, 2.24) is 0 Å². The maximum atomic E-state index is 11.1. The summed E-state index contributed by atoms with van der Waals surface area (Å²) in [5.74, 6) is 0.960. The van der Waals surface area contributed by atoms with E-state index in [4.69, 9.17) is 4.74 Å². The third-order valence-electron chi connectivity index (χ3n) is 2.37. The van der Waals surface area contributed by atoms with Crippen molar-refractivity contribution in [2.24, 2.45) is 11.8 Å². The van der Waals surface area contributed by atoms with Crippen LogP contribution in [0.4, 0.5) is 0 Å². The van der Waals surface area contributed by atoms with Gasteiger partial charge in [-0.15, -0.1) is 0 Å². The first kappa shape index (κ1) is 6.62. The van der Waals surface area contributed by atoms with Gasteiger partial charge in [0.1, 0.15) is 0 Å². The summed E-state index contributed by atoms with van der Waals surface area (Å²) in [4.78, 5) is 0. The van der Waals surface area contributed by atoms with E-state index in [1.165, 1.54) is 0 Å². The van der Waals surface area contributed by atoms with Crippen molar-refractivity contribution >= 4 is 0 Å². The molecule has 2 saturated carbocycles. The predicted molar refractivity (Wildman–Crippen MR) is 35.9 cm³/mol. The zero-order valence-electron chi connectivity index (χ0n) is 6.25. The third kappa shape index (κ3) is 1.32. The van der Waals surface area contributed by atoms with Crippen LogP contribution in [0.5, 0.6) is 0 Å². The Bertz CT molecular complexity index is 131. The molecule has 1 radical (unpaired) electrons. The molecule has 2 nitrogen and oxygen atoms in total. The fraction of sp³-hybridized carbons (Fsp3) is 1.00. The Hall–Kier alpha value is -0.0800. The number of hydrogen-bond acceptors (Lipinski definition) is 1. The summed E-state index contributed by atoms with van der Waals surface area (Å²) in [6.07, 6.45) is 2.93. The molecule has 2 rings (SSSR count). The molecule has 0 saturated heterocycles. The molecule has 3 atom stereocenters. The van der Waals surface area contributed by atoms with Crippen LogP contribution in [-0.4, -0.2) is 12.4 Å². The highest BCUT2D eigenvalue weighted by molar-refractivity contribution is 4.86. The molecule has 0 N–H and O–H groups in total. The van der Waals surface area contributed by atoms with Crippen molar-refractivity contribution in [3.63, 3.8) is 0 Å². The Morgan fingerprint density at radius 1 is 1.50 bits per heavy atom. The van der Waals surface area contributed by atoms with E-state index < -0.39 is 6.29 Å². The van der Waals surface area contributed by atoms with Gasteiger partial charge >= 0.3 is 0 Å². The summed E-state index contributed by atoms with van der Waals surface area (Å²) in [5.41, 5.74) is 0. The first-order valence-electron chi connectivity index (χ1n) is 4.08. The van der Waals surface area contributed by atoms with Crippen LogP contribution in [0.15, 0.2) is 0 Å². The first-order chi connectivity index (χ1) is 4.77. The van der Waals surface area contributed by atoms with E-state index in [1.54, 1.807) is 0 Å². The minimum atomic E-state index is -0.706. The Labute approximate surface area is 61.2 Å². The molecule has 57 valence electrons. The van der Waals surface area contributed by atoms with Gasteiger partial charge in [0, 0.05) is 5.92 Å². The second-order valence-electron chi connectivity index (χ2n) is 3.58. The van der Waals surface area contributed by atoms with Crippen molar-refractivity contribution < 1.29 is 9.84 Å². The van der Waals surface area contributed by atoms with Crippen LogP contribution in [0, 0.1) is 11.8 Å². The summed E-state index contributed by atoms with van der Waals surface area (Å²) in [6.45, 7) is 2.12. The molecule has 0 bridgehead atoms. The van der Waals surface area contributed by atoms with Crippen LogP contribution in [-0.2, 0) is 9.84 Å². The van der Waals surface area contributed by atoms with Gasteiger partial charge in [-0.25, -0.2) is 5.11 Å². The number of hydrogen-bond donors (Lipinski definition) is 0. The topological polar surface area (TPSA) is 29.1 Å². The van der Waals surface area contributed by atoms with E-state index in [9.17, 15) is 5.11 Å². The molecule has 0 aromatic carbocycles.